The summed E-state index contributed by atoms with van der Waals surface area (Å²) in [6.07, 6.45) is 5.65. The van der Waals surface area contributed by atoms with E-state index in [0.717, 1.165) is 32.8 Å². The molecule has 0 radical (unpaired) electrons. The zero-order chi connectivity index (χ0) is 11.9. The minimum atomic E-state index is 0.495. The molecule has 0 saturated carbocycles. The van der Waals surface area contributed by atoms with Gasteiger partial charge in [0.25, 0.3) is 0 Å². The summed E-state index contributed by atoms with van der Waals surface area (Å²) in [5, 5.41) is 3.48. The molecule has 4 nitrogen and oxygen atoms in total. The number of nitrogens with zero attached hydrogens (tertiary/aromatic N) is 1. The standard InChI is InChI=1S/C13H26N2O2/c1-16-9-6-14-10-12-4-2-7-15(12)11-13-5-3-8-17-13/h12-14H,2-11H2,1H3. The van der Waals surface area contributed by atoms with Crippen molar-refractivity contribution in [2.75, 3.05) is 46.5 Å². The van der Waals surface area contributed by atoms with Gasteiger partial charge in [0.05, 0.1) is 12.7 Å². The van der Waals surface area contributed by atoms with Crippen molar-refractivity contribution in [2.45, 2.75) is 37.8 Å². The van der Waals surface area contributed by atoms with Crippen molar-refractivity contribution in [3.63, 3.8) is 0 Å². The number of ether oxygens (including phenoxy) is 2. The Balaban J connectivity index is 1.65. The van der Waals surface area contributed by atoms with Gasteiger partial charge < -0.3 is 14.8 Å². The van der Waals surface area contributed by atoms with E-state index in [0.29, 0.717) is 12.1 Å². The molecule has 2 saturated heterocycles. The highest BCUT2D eigenvalue weighted by molar-refractivity contribution is 4.83. The number of rotatable bonds is 7. The van der Waals surface area contributed by atoms with Gasteiger partial charge in [-0.3, -0.25) is 4.90 Å². The molecule has 0 bridgehead atoms. The van der Waals surface area contributed by atoms with Gasteiger partial charge in [0, 0.05) is 39.4 Å². The molecule has 2 unspecified atom stereocenters. The van der Waals surface area contributed by atoms with E-state index in [1.165, 1.54) is 32.2 Å². The fourth-order valence-corrected chi connectivity index (χ4v) is 2.86. The molecular formula is C13H26N2O2. The van der Waals surface area contributed by atoms with Gasteiger partial charge in [0.15, 0.2) is 0 Å². The average molecular weight is 242 g/mol. The number of hydrogen-bond donors (Lipinski definition) is 1. The molecular weight excluding hydrogens is 216 g/mol. The summed E-state index contributed by atoms with van der Waals surface area (Å²) in [5.74, 6) is 0. The third-order valence-electron chi connectivity index (χ3n) is 3.82. The topological polar surface area (TPSA) is 33.7 Å². The van der Waals surface area contributed by atoms with Crippen LogP contribution in [-0.4, -0.2) is 63.5 Å². The van der Waals surface area contributed by atoms with Crippen molar-refractivity contribution in [1.29, 1.82) is 0 Å². The Hall–Kier alpha value is -0.160. The molecule has 0 aliphatic carbocycles. The zero-order valence-electron chi connectivity index (χ0n) is 11.0. The van der Waals surface area contributed by atoms with Crippen LogP contribution in [0.4, 0.5) is 0 Å². The first-order valence-corrected chi connectivity index (χ1v) is 6.95. The van der Waals surface area contributed by atoms with E-state index >= 15 is 0 Å². The Morgan fingerprint density at radius 1 is 1.35 bits per heavy atom. The van der Waals surface area contributed by atoms with E-state index in [-0.39, 0.29) is 0 Å². The summed E-state index contributed by atoms with van der Waals surface area (Å²) >= 11 is 0. The van der Waals surface area contributed by atoms with Crippen LogP contribution in [0.3, 0.4) is 0 Å². The van der Waals surface area contributed by atoms with E-state index in [1.807, 2.05) is 0 Å². The van der Waals surface area contributed by atoms with Gasteiger partial charge in [-0.1, -0.05) is 0 Å². The Morgan fingerprint density at radius 2 is 2.29 bits per heavy atom. The Morgan fingerprint density at radius 3 is 3.06 bits per heavy atom. The lowest BCUT2D eigenvalue weighted by Gasteiger charge is -2.27. The molecule has 1 N–H and O–H groups in total. The van der Waals surface area contributed by atoms with E-state index in [1.54, 1.807) is 7.11 Å². The SMILES string of the molecule is COCCNCC1CCCN1CC1CCCO1. The second kappa shape index (κ2) is 7.31. The third kappa shape index (κ3) is 4.21. The van der Waals surface area contributed by atoms with E-state index in [9.17, 15) is 0 Å². The predicted molar refractivity (Wildman–Crippen MR) is 68.3 cm³/mol. The van der Waals surface area contributed by atoms with Crippen LogP contribution in [0.1, 0.15) is 25.7 Å². The minimum Gasteiger partial charge on any atom is -0.383 e. The highest BCUT2D eigenvalue weighted by atomic mass is 16.5. The van der Waals surface area contributed by atoms with Crippen molar-refractivity contribution < 1.29 is 9.47 Å². The summed E-state index contributed by atoms with van der Waals surface area (Å²) in [6.45, 7) is 6.21. The van der Waals surface area contributed by atoms with Crippen LogP contribution in [0.15, 0.2) is 0 Å². The highest BCUT2D eigenvalue weighted by Gasteiger charge is 2.27. The lowest BCUT2D eigenvalue weighted by atomic mass is 10.2. The second-order valence-corrected chi connectivity index (χ2v) is 5.12. The molecule has 17 heavy (non-hydrogen) atoms. The van der Waals surface area contributed by atoms with Crippen LogP contribution in [-0.2, 0) is 9.47 Å². The monoisotopic (exact) mass is 242 g/mol. The van der Waals surface area contributed by atoms with E-state index in [2.05, 4.69) is 10.2 Å². The molecule has 2 aliphatic heterocycles. The largest absolute Gasteiger partial charge is 0.383 e. The molecule has 0 aromatic rings. The van der Waals surface area contributed by atoms with Gasteiger partial charge in [-0.25, -0.2) is 0 Å². The van der Waals surface area contributed by atoms with Crippen LogP contribution in [0.2, 0.25) is 0 Å². The summed E-state index contributed by atoms with van der Waals surface area (Å²) < 4.78 is 10.8. The first kappa shape index (κ1) is 13.3. The Labute approximate surface area is 105 Å². The fourth-order valence-electron chi connectivity index (χ4n) is 2.86. The molecule has 0 aromatic carbocycles. The van der Waals surface area contributed by atoms with Crippen LogP contribution in [0.25, 0.3) is 0 Å². The number of hydrogen-bond acceptors (Lipinski definition) is 4. The quantitative estimate of drug-likeness (QED) is 0.672. The fraction of sp³-hybridized carbons (Fsp3) is 1.00. The molecule has 2 rings (SSSR count). The summed E-state index contributed by atoms with van der Waals surface area (Å²) in [6, 6.07) is 0.705. The maximum absolute atomic E-state index is 5.72. The van der Waals surface area contributed by atoms with Crippen LogP contribution in [0, 0.1) is 0 Å². The maximum Gasteiger partial charge on any atom is 0.0702 e. The summed E-state index contributed by atoms with van der Waals surface area (Å²) in [5.41, 5.74) is 0. The summed E-state index contributed by atoms with van der Waals surface area (Å²) in [7, 11) is 1.75. The van der Waals surface area contributed by atoms with Crippen LogP contribution >= 0.6 is 0 Å². The van der Waals surface area contributed by atoms with Gasteiger partial charge >= 0.3 is 0 Å². The summed E-state index contributed by atoms with van der Waals surface area (Å²) in [4.78, 5) is 2.61. The molecule has 0 spiro atoms. The van der Waals surface area contributed by atoms with Crippen molar-refractivity contribution in [3.8, 4) is 0 Å². The molecule has 4 heteroatoms. The number of methoxy groups -OCH3 is 1. The van der Waals surface area contributed by atoms with Crippen LogP contribution in [0.5, 0.6) is 0 Å². The van der Waals surface area contributed by atoms with Gasteiger partial charge in [-0.05, 0) is 32.2 Å². The van der Waals surface area contributed by atoms with Crippen molar-refractivity contribution in [3.05, 3.63) is 0 Å². The molecule has 2 aliphatic rings. The Kier molecular flexibility index (Phi) is 5.71. The zero-order valence-corrected chi connectivity index (χ0v) is 11.0. The maximum atomic E-state index is 5.72. The van der Waals surface area contributed by atoms with Gasteiger partial charge in [-0.2, -0.15) is 0 Å². The smallest absolute Gasteiger partial charge is 0.0702 e. The molecule has 2 heterocycles. The molecule has 0 amide bonds. The van der Waals surface area contributed by atoms with Gasteiger partial charge in [0.1, 0.15) is 0 Å². The lowest BCUT2D eigenvalue weighted by molar-refractivity contribution is 0.0686. The van der Waals surface area contributed by atoms with Crippen molar-refractivity contribution >= 4 is 0 Å². The van der Waals surface area contributed by atoms with Crippen molar-refractivity contribution in [1.82, 2.24) is 10.2 Å². The first-order valence-electron chi connectivity index (χ1n) is 6.95. The highest BCUT2D eigenvalue weighted by Crippen LogP contribution is 2.20. The molecule has 2 fully saturated rings. The molecule has 100 valence electrons. The van der Waals surface area contributed by atoms with Gasteiger partial charge in [-0.15, -0.1) is 0 Å². The lowest BCUT2D eigenvalue weighted by Crippen LogP contribution is -2.42. The third-order valence-corrected chi connectivity index (χ3v) is 3.82. The average Bonchev–Trinajstić information content (AvgIpc) is 2.97. The van der Waals surface area contributed by atoms with E-state index in [4.69, 9.17) is 9.47 Å². The van der Waals surface area contributed by atoms with Crippen LogP contribution < -0.4 is 5.32 Å². The Bertz CT molecular complexity index is 208. The normalized spacial score (nSPS) is 30.2. The number of likely N-dealkylation sites (tertiary alicyclic amines) is 1. The number of nitrogens with one attached hydrogen (secondary N) is 1. The molecule has 2 atom stereocenters. The van der Waals surface area contributed by atoms with Gasteiger partial charge in [0.2, 0.25) is 0 Å². The molecule has 0 aromatic heterocycles. The minimum absolute atomic E-state index is 0.495. The second-order valence-electron chi connectivity index (χ2n) is 5.12. The predicted octanol–water partition coefficient (Wildman–Crippen LogP) is 0.866. The van der Waals surface area contributed by atoms with E-state index < -0.39 is 0 Å². The van der Waals surface area contributed by atoms with Crippen molar-refractivity contribution in [2.24, 2.45) is 0 Å². The first-order chi connectivity index (χ1) is 8.40.